The topological polar surface area (TPSA) is 157 Å². The van der Waals surface area contributed by atoms with Gasteiger partial charge in [0.05, 0.1) is 31.6 Å². The molecule has 2 atom stereocenters. The van der Waals surface area contributed by atoms with Crippen LogP contribution in [0.25, 0.3) is 5.69 Å². The largest absolute Gasteiger partial charge is 0.393 e. The third-order valence-electron chi connectivity index (χ3n) is 5.59. The van der Waals surface area contributed by atoms with Gasteiger partial charge in [0.25, 0.3) is 0 Å². The van der Waals surface area contributed by atoms with Crippen LogP contribution in [-0.4, -0.2) is 67.1 Å². The average Bonchev–Trinajstić information content (AvgIpc) is 3.48. The van der Waals surface area contributed by atoms with Crippen molar-refractivity contribution in [2.24, 2.45) is 0 Å². The Kier molecular flexibility index (Phi) is 6.66. The summed E-state index contributed by atoms with van der Waals surface area (Å²) in [5, 5.41) is 44.2. The number of rotatable bonds is 9. The van der Waals surface area contributed by atoms with E-state index in [2.05, 4.69) is 25.6 Å². The molecular formula is C21H20F4N8O4. The van der Waals surface area contributed by atoms with Crippen molar-refractivity contribution in [3.63, 3.8) is 0 Å². The van der Waals surface area contributed by atoms with E-state index >= 15 is 8.78 Å². The second-order valence-corrected chi connectivity index (χ2v) is 8.56. The minimum atomic E-state index is -4.27. The van der Waals surface area contributed by atoms with E-state index in [0.29, 0.717) is 18.2 Å². The summed E-state index contributed by atoms with van der Waals surface area (Å²) >= 11 is 0. The van der Waals surface area contributed by atoms with E-state index in [1.807, 2.05) is 0 Å². The molecule has 3 heterocycles. The summed E-state index contributed by atoms with van der Waals surface area (Å²) in [5.74, 6) is -6.74. The molecule has 196 valence electrons. The van der Waals surface area contributed by atoms with Crippen molar-refractivity contribution in [1.82, 2.24) is 39.5 Å². The van der Waals surface area contributed by atoms with Crippen LogP contribution in [0.3, 0.4) is 0 Å². The van der Waals surface area contributed by atoms with Crippen molar-refractivity contribution in [2.75, 3.05) is 6.61 Å². The number of pyridine rings is 1. The van der Waals surface area contributed by atoms with Crippen molar-refractivity contribution in [2.45, 2.75) is 37.1 Å². The number of alkyl halides is 2. The molecule has 3 aromatic heterocycles. The van der Waals surface area contributed by atoms with Crippen molar-refractivity contribution >= 4 is 0 Å². The van der Waals surface area contributed by atoms with Crippen LogP contribution < -0.4 is 5.69 Å². The zero-order chi connectivity index (χ0) is 27.0. The molecule has 16 heteroatoms. The van der Waals surface area contributed by atoms with Crippen LogP contribution in [0.1, 0.15) is 18.2 Å². The lowest BCUT2D eigenvalue weighted by atomic mass is 9.84. The normalized spacial score (nSPS) is 15.4. The first-order valence-corrected chi connectivity index (χ1v) is 10.6. The number of hydrogen-bond donors (Lipinski definition) is 3. The molecule has 0 fully saturated rings. The SMILES string of the molecule is CC(O)(CO)Cn1ncn(-c2ccc(C(F)(F)C(O)(Cn3cnnn3)c3ccc(F)cc3F)nc2)c1=O. The van der Waals surface area contributed by atoms with E-state index in [0.717, 1.165) is 44.9 Å². The first kappa shape index (κ1) is 26.1. The summed E-state index contributed by atoms with van der Waals surface area (Å²) in [6.45, 7) is -0.709. The average molecular weight is 524 g/mol. The van der Waals surface area contributed by atoms with Crippen LogP contribution in [0.2, 0.25) is 0 Å². The van der Waals surface area contributed by atoms with Gasteiger partial charge in [-0.1, -0.05) is 0 Å². The number of aliphatic hydroxyl groups is 3. The van der Waals surface area contributed by atoms with E-state index in [4.69, 9.17) is 0 Å². The molecule has 0 spiro atoms. The molecule has 0 aliphatic heterocycles. The highest BCUT2D eigenvalue weighted by Gasteiger charge is 2.58. The number of benzene rings is 1. The highest BCUT2D eigenvalue weighted by Crippen LogP contribution is 2.46. The summed E-state index contributed by atoms with van der Waals surface area (Å²) < 4.78 is 62.3. The van der Waals surface area contributed by atoms with E-state index in [-0.39, 0.29) is 12.2 Å². The van der Waals surface area contributed by atoms with Crippen LogP contribution in [0.4, 0.5) is 17.6 Å². The first-order valence-electron chi connectivity index (χ1n) is 10.6. The molecule has 0 saturated carbocycles. The van der Waals surface area contributed by atoms with Crippen LogP contribution >= 0.6 is 0 Å². The smallest absolute Gasteiger partial charge is 0.350 e. The lowest BCUT2D eigenvalue weighted by Gasteiger charge is -2.35. The van der Waals surface area contributed by atoms with Gasteiger partial charge in [0, 0.05) is 11.6 Å². The molecular weight excluding hydrogens is 504 g/mol. The van der Waals surface area contributed by atoms with Crippen molar-refractivity contribution in [1.29, 1.82) is 0 Å². The number of hydrogen-bond acceptors (Lipinski definition) is 9. The van der Waals surface area contributed by atoms with Gasteiger partial charge in [0.15, 0.2) is 5.60 Å². The van der Waals surface area contributed by atoms with Crippen LogP contribution in [0.15, 0.2) is 54.0 Å². The third kappa shape index (κ3) is 4.85. The Morgan fingerprint density at radius 3 is 2.41 bits per heavy atom. The van der Waals surface area contributed by atoms with Gasteiger partial charge in [-0.3, -0.25) is 4.98 Å². The van der Waals surface area contributed by atoms with Gasteiger partial charge in [0.2, 0.25) is 0 Å². The second-order valence-electron chi connectivity index (χ2n) is 8.56. The highest BCUT2D eigenvalue weighted by atomic mass is 19.3. The molecule has 12 nitrogen and oxygen atoms in total. The van der Waals surface area contributed by atoms with Crippen LogP contribution in [0, 0.1) is 11.6 Å². The Balaban J connectivity index is 1.72. The number of nitrogens with zero attached hydrogens (tertiary/aromatic N) is 8. The van der Waals surface area contributed by atoms with Gasteiger partial charge in [-0.15, -0.1) is 5.10 Å². The fraction of sp³-hybridized carbons (Fsp3) is 0.333. The molecule has 4 rings (SSSR count). The molecule has 0 aliphatic carbocycles. The minimum Gasteiger partial charge on any atom is -0.393 e. The Hall–Kier alpha value is -4.02. The van der Waals surface area contributed by atoms with Crippen molar-refractivity contribution < 1.29 is 32.9 Å². The zero-order valence-corrected chi connectivity index (χ0v) is 19.1. The zero-order valence-electron chi connectivity index (χ0n) is 19.1. The molecule has 37 heavy (non-hydrogen) atoms. The van der Waals surface area contributed by atoms with Crippen LogP contribution in [0.5, 0.6) is 0 Å². The second kappa shape index (κ2) is 9.45. The van der Waals surface area contributed by atoms with Gasteiger partial charge in [-0.25, -0.2) is 27.5 Å². The summed E-state index contributed by atoms with van der Waals surface area (Å²) in [4.78, 5) is 16.3. The van der Waals surface area contributed by atoms with Crippen molar-refractivity contribution in [3.8, 4) is 5.69 Å². The molecule has 2 unspecified atom stereocenters. The molecule has 0 bridgehead atoms. The third-order valence-corrected chi connectivity index (χ3v) is 5.59. The maximum atomic E-state index is 15.8. The maximum Gasteiger partial charge on any atom is 0.350 e. The summed E-state index contributed by atoms with van der Waals surface area (Å²) in [6, 6.07) is 3.66. The molecule has 0 aliphatic rings. The summed E-state index contributed by atoms with van der Waals surface area (Å²) in [7, 11) is 0. The predicted octanol–water partition coefficient (Wildman–Crippen LogP) is 0.117. The molecule has 1 aromatic carbocycles. The Labute approximate surface area is 205 Å². The number of tetrazole rings is 1. The van der Waals surface area contributed by atoms with E-state index in [1.165, 1.54) is 6.92 Å². The lowest BCUT2D eigenvalue weighted by molar-refractivity contribution is -0.207. The standard InChI is InChI=1S/C21H20F4N8O4/c1-19(36,10-34)8-33-18(35)32(12-28-33)14-3-5-17(26-7-14)21(24,25)20(37,9-31-11-27-29-30-31)15-4-2-13(22)6-16(15)23/h2-7,11-12,34,36-37H,8-10H2,1H3. The number of halogens is 4. The van der Waals surface area contributed by atoms with Gasteiger partial charge in [0.1, 0.15) is 35.6 Å². The van der Waals surface area contributed by atoms with Gasteiger partial charge in [-0.05, 0) is 41.6 Å². The monoisotopic (exact) mass is 524 g/mol. The fourth-order valence-corrected chi connectivity index (χ4v) is 3.59. The first-order chi connectivity index (χ1) is 17.4. The van der Waals surface area contributed by atoms with Gasteiger partial charge >= 0.3 is 11.6 Å². The van der Waals surface area contributed by atoms with Crippen molar-refractivity contribution in [3.05, 3.63) is 82.6 Å². The van der Waals surface area contributed by atoms with E-state index in [1.54, 1.807) is 0 Å². The fourth-order valence-electron chi connectivity index (χ4n) is 3.59. The summed E-state index contributed by atoms with van der Waals surface area (Å²) in [6.07, 6.45) is 2.89. The quantitative estimate of drug-likeness (QED) is 0.259. The Morgan fingerprint density at radius 2 is 1.81 bits per heavy atom. The molecule has 3 N–H and O–H groups in total. The lowest BCUT2D eigenvalue weighted by Crippen LogP contribution is -2.48. The van der Waals surface area contributed by atoms with Gasteiger partial charge in [-0.2, -0.15) is 13.9 Å². The number of aliphatic hydroxyl groups excluding tert-OH is 1. The highest BCUT2D eigenvalue weighted by molar-refractivity contribution is 5.34. The molecule has 4 aromatic rings. The molecule has 0 radical (unpaired) electrons. The predicted molar refractivity (Wildman–Crippen MR) is 115 cm³/mol. The van der Waals surface area contributed by atoms with E-state index < -0.39 is 58.9 Å². The minimum absolute atomic E-state index is 0.0106. The van der Waals surface area contributed by atoms with Crippen LogP contribution in [-0.2, 0) is 24.6 Å². The maximum absolute atomic E-state index is 15.8. The molecule has 0 amide bonds. The summed E-state index contributed by atoms with van der Waals surface area (Å²) in [5.41, 5.74) is -7.61. The Bertz CT molecular complexity index is 1440. The number of aromatic nitrogens is 8. The van der Waals surface area contributed by atoms with E-state index in [9.17, 15) is 28.9 Å². The van der Waals surface area contributed by atoms with Gasteiger partial charge < -0.3 is 15.3 Å². The Morgan fingerprint density at radius 1 is 1.05 bits per heavy atom. The molecule has 0 saturated heterocycles.